The van der Waals surface area contributed by atoms with Crippen LogP contribution in [0.1, 0.15) is 0 Å². The number of benzene rings is 4. The van der Waals surface area contributed by atoms with E-state index in [1.165, 1.54) is 12.1 Å². The Bertz CT molecular complexity index is 1520. The standard InChI is InChI=1S/C23H14F3NO5S/c24-23(25,26)33(28,29)32-19-10-4-9-17-21(19)31-22-18(30-17)12-11-13-5-3-7-15(20(13)22)14-6-1-2-8-16(14)27/h1-12H,27H2. The van der Waals surface area contributed by atoms with Crippen molar-refractivity contribution in [2.75, 3.05) is 5.73 Å². The summed E-state index contributed by atoms with van der Waals surface area (Å²) in [5.41, 5.74) is 2.50. The van der Waals surface area contributed by atoms with Crippen LogP contribution in [-0.4, -0.2) is 13.9 Å². The van der Waals surface area contributed by atoms with Gasteiger partial charge in [0.15, 0.2) is 23.0 Å². The van der Waals surface area contributed by atoms with Crippen LogP contribution in [0.25, 0.3) is 21.9 Å². The van der Waals surface area contributed by atoms with Gasteiger partial charge in [0, 0.05) is 16.6 Å². The maximum atomic E-state index is 12.9. The molecule has 2 N–H and O–H groups in total. The number of halogens is 3. The first-order chi connectivity index (χ1) is 15.7. The van der Waals surface area contributed by atoms with Crippen LogP contribution < -0.4 is 19.4 Å². The van der Waals surface area contributed by atoms with Crippen molar-refractivity contribution in [1.82, 2.24) is 0 Å². The Balaban J connectivity index is 1.69. The molecule has 10 heteroatoms. The molecule has 0 aromatic heterocycles. The Morgan fingerprint density at radius 1 is 0.758 bits per heavy atom. The molecular weight excluding hydrogens is 459 g/mol. The minimum atomic E-state index is -5.91. The Hall–Kier alpha value is -3.92. The molecule has 1 heterocycles. The monoisotopic (exact) mass is 473 g/mol. The van der Waals surface area contributed by atoms with Crippen molar-refractivity contribution in [1.29, 1.82) is 0 Å². The van der Waals surface area contributed by atoms with Crippen LogP contribution in [0.4, 0.5) is 18.9 Å². The van der Waals surface area contributed by atoms with Gasteiger partial charge >= 0.3 is 15.6 Å². The zero-order valence-corrected chi connectivity index (χ0v) is 17.4. The zero-order chi connectivity index (χ0) is 23.4. The van der Waals surface area contributed by atoms with E-state index < -0.39 is 21.4 Å². The van der Waals surface area contributed by atoms with Gasteiger partial charge in [-0.25, -0.2) is 0 Å². The molecule has 168 valence electrons. The summed E-state index contributed by atoms with van der Waals surface area (Å²) in [6, 6.07) is 19.9. The molecule has 0 amide bonds. The molecule has 33 heavy (non-hydrogen) atoms. The van der Waals surface area contributed by atoms with Gasteiger partial charge in [-0.2, -0.15) is 21.6 Å². The van der Waals surface area contributed by atoms with Crippen molar-refractivity contribution in [3.63, 3.8) is 0 Å². The number of para-hydroxylation sites is 2. The minimum Gasteiger partial charge on any atom is -0.449 e. The van der Waals surface area contributed by atoms with Gasteiger partial charge in [-0.3, -0.25) is 0 Å². The van der Waals surface area contributed by atoms with Crippen LogP contribution in [0.3, 0.4) is 0 Å². The number of nitrogens with two attached hydrogens (primary N) is 1. The van der Waals surface area contributed by atoms with Crippen molar-refractivity contribution in [2.24, 2.45) is 0 Å². The van der Waals surface area contributed by atoms with Gasteiger partial charge in [-0.05, 0) is 35.2 Å². The second-order valence-corrected chi connectivity index (χ2v) is 8.69. The molecule has 4 aromatic carbocycles. The normalized spacial score (nSPS) is 12.9. The fourth-order valence-corrected chi connectivity index (χ4v) is 4.07. The van der Waals surface area contributed by atoms with Crippen molar-refractivity contribution in [3.8, 4) is 39.9 Å². The number of alkyl halides is 3. The van der Waals surface area contributed by atoms with E-state index >= 15 is 0 Å². The Labute approximate surface area is 186 Å². The van der Waals surface area contributed by atoms with Gasteiger partial charge < -0.3 is 19.4 Å². The second kappa shape index (κ2) is 7.31. The maximum Gasteiger partial charge on any atom is 0.534 e. The highest BCUT2D eigenvalue weighted by Crippen LogP contribution is 2.54. The molecule has 1 aliphatic heterocycles. The first kappa shape index (κ1) is 21.0. The summed E-state index contributed by atoms with van der Waals surface area (Å²) in [4.78, 5) is 0. The largest absolute Gasteiger partial charge is 0.534 e. The third-order valence-corrected chi connectivity index (χ3v) is 6.03. The van der Waals surface area contributed by atoms with Crippen molar-refractivity contribution in [3.05, 3.63) is 72.8 Å². The van der Waals surface area contributed by atoms with E-state index in [0.717, 1.165) is 17.0 Å². The van der Waals surface area contributed by atoms with E-state index in [2.05, 4.69) is 4.18 Å². The summed E-state index contributed by atoms with van der Waals surface area (Å²) < 4.78 is 78.0. The fourth-order valence-electron chi connectivity index (χ4n) is 3.60. The van der Waals surface area contributed by atoms with Crippen molar-refractivity contribution < 1.29 is 35.2 Å². The van der Waals surface area contributed by atoms with Gasteiger partial charge in [-0.15, -0.1) is 0 Å². The molecule has 6 nitrogen and oxygen atoms in total. The lowest BCUT2D eigenvalue weighted by Gasteiger charge is -2.24. The van der Waals surface area contributed by atoms with Crippen LogP contribution >= 0.6 is 0 Å². The van der Waals surface area contributed by atoms with E-state index in [1.54, 1.807) is 24.3 Å². The van der Waals surface area contributed by atoms with E-state index in [0.29, 0.717) is 22.4 Å². The highest BCUT2D eigenvalue weighted by atomic mass is 32.2. The molecule has 0 atom stereocenters. The van der Waals surface area contributed by atoms with E-state index in [-0.39, 0.29) is 17.2 Å². The summed E-state index contributed by atoms with van der Waals surface area (Å²) in [5, 5.41) is 1.34. The molecule has 0 saturated carbocycles. The first-order valence-corrected chi connectivity index (χ1v) is 11.0. The third-order valence-electron chi connectivity index (χ3n) is 5.06. The molecule has 0 saturated heterocycles. The highest BCUT2D eigenvalue weighted by Gasteiger charge is 2.49. The van der Waals surface area contributed by atoms with Crippen LogP contribution in [-0.2, 0) is 10.1 Å². The molecule has 0 radical (unpaired) electrons. The Morgan fingerprint density at radius 3 is 2.21 bits per heavy atom. The molecule has 0 spiro atoms. The SMILES string of the molecule is Nc1ccccc1-c1cccc2ccc3c(c12)Oc1c(cccc1OS(=O)(=O)C(F)(F)F)O3. The first-order valence-electron chi connectivity index (χ1n) is 9.56. The second-order valence-electron chi connectivity index (χ2n) is 7.15. The fraction of sp³-hybridized carbons (Fsp3) is 0.0435. The Morgan fingerprint density at radius 2 is 1.45 bits per heavy atom. The predicted molar refractivity (Wildman–Crippen MR) is 116 cm³/mol. The lowest BCUT2D eigenvalue weighted by atomic mass is 9.96. The predicted octanol–water partition coefficient (Wildman–Crippen LogP) is 6.22. The van der Waals surface area contributed by atoms with Gasteiger partial charge in [0.05, 0.1) is 0 Å². The summed E-state index contributed by atoms with van der Waals surface area (Å²) in [6.07, 6.45) is 0. The molecule has 5 rings (SSSR count). The Kier molecular flexibility index (Phi) is 4.64. The van der Waals surface area contributed by atoms with Crippen LogP contribution in [0.2, 0.25) is 0 Å². The summed E-state index contributed by atoms with van der Waals surface area (Å²) in [5.74, 6) is -0.439. The molecule has 0 aliphatic carbocycles. The maximum absolute atomic E-state index is 12.9. The summed E-state index contributed by atoms with van der Waals surface area (Å²) in [7, 11) is -5.91. The molecule has 0 fully saturated rings. The molecule has 0 unspecified atom stereocenters. The number of hydrogen-bond donors (Lipinski definition) is 1. The van der Waals surface area contributed by atoms with E-state index in [9.17, 15) is 21.6 Å². The number of hydrogen-bond acceptors (Lipinski definition) is 6. The topological polar surface area (TPSA) is 87.9 Å². The summed E-state index contributed by atoms with van der Waals surface area (Å²) >= 11 is 0. The van der Waals surface area contributed by atoms with Gasteiger partial charge in [-0.1, -0.05) is 48.5 Å². The quantitative estimate of drug-likeness (QED) is 0.190. The van der Waals surface area contributed by atoms with E-state index in [1.807, 2.05) is 30.3 Å². The van der Waals surface area contributed by atoms with Gasteiger partial charge in [0.25, 0.3) is 0 Å². The number of anilines is 1. The van der Waals surface area contributed by atoms with Gasteiger partial charge in [0.2, 0.25) is 5.75 Å². The number of nitrogen functional groups attached to an aromatic ring is 1. The third kappa shape index (κ3) is 3.48. The zero-order valence-electron chi connectivity index (χ0n) is 16.6. The average molecular weight is 473 g/mol. The number of rotatable bonds is 3. The van der Waals surface area contributed by atoms with E-state index in [4.69, 9.17) is 15.2 Å². The number of ether oxygens (including phenoxy) is 2. The molecule has 0 bridgehead atoms. The van der Waals surface area contributed by atoms with Crippen LogP contribution in [0, 0.1) is 0 Å². The summed E-state index contributed by atoms with van der Waals surface area (Å²) in [6.45, 7) is 0. The van der Waals surface area contributed by atoms with Crippen molar-refractivity contribution >= 4 is 26.6 Å². The smallest absolute Gasteiger partial charge is 0.449 e. The average Bonchev–Trinajstić information content (AvgIpc) is 2.77. The number of fused-ring (bicyclic) bond motifs is 4. The molecule has 4 aromatic rings. The molecule has 1 aliphatic rings. The minimum absolute atomic E-state index is 0.00781. The lowest BCUT2D eigenvalue weighted by Crippen LogP contribution is -2.28. The lowest BCUT2D eigenvalue weighted by molar-refractivity contribution is -0.0500. The van der Waals surface area contributed by atoms with Crippen molar-refractivity contribution in [2.45, 2.75) is 5.51 Å². The molecular formula is C23H14F3NO5S. The van der Waals surface area contributed by atoms with Gasteiger partial charge in [0.1, 0.15) is 0 Å². The highest BCUT2D eigenvalue weighted by molar-refractivity contribution is 7.88. The van der Waals surface area contributed by atoms with Crippen LogP contribution in [0.15, 0.2) is 72.8 Å². The van der Waals surface area contributed by atoms with Crippen LogP contribution in [0.5, 0.6) is 28.7 Å².